The summed E-state index contributed by atoms with van der Waals surface area (Å²) in [6, 6.07) is 50.5. The second kappa shape index (κ2) is 40.0. The number of carbonyl (C=O) groups is 8. The number of carboxylic acids is 4. The molecule has 0 fully saturated rings. The van der Waals surface area contributed by atoms with Gasteiger partial charge in [-0.3, -0.25) is 37.4 Å². The smallest absolute Gasteiger partial charge is 0.550 e. The maximum atomic E-state index is 13.0. The van der Waals surface area contributed by atoms with Crippen LogP contribution in [0.15, 0.2) is 170 Å². The molecule has 0 saturated carbocycles. The third-order valence-corrected chi connectivity index (χ3v) is 17.6. The number of carboxylic acid groups (broad SMARTS) is 4. The van der Waals surface area contributed by atoms with Gasteiger partial charge < -0.3 is 58.6 Å². The van der Waals surface area contributed by atoms with Crippen molar-refractivity contribution in [2.45, 2.75) is 67.2 Å². The van der Waals surface area contributed by atoms with E-state index in [1.54, 1.807) is 210 Å². The second-order valence-corrected chi connectivity index (χ2v) is 24.8. The molecule has 4 heterocycles. The van der Waals surface area contributed by atoms with E-state index < -0.39 is 23.9 Å². The minimum atomic E-state index is -1.20. The summed E-state index contributed by atoms with van der Waals surface area (Å²) in [7, 11) is 6.12. The molecule has 2 radical (unpaired) electrons. The summed E-state index contributed by atoms with van der Waals surface area (Å²) in [6.45, 7) is 9.74. The number of aliphatic carboxylic acids is 4. The molecule has 0 atom stereocenters. The topological polar surface area (TPSA) is 333 Å². The number of methoxy groups -OCH3 is 4. The number of fused-ring (bicyclic) bond motifs is 4. The summed E-state index contributed by atoms with van der Waals surface area (Å²) in [5, 5.41) is 64.0. The number of rotatable bonds is 16. The van der Waals surface area contributed by atoms with Gasteiger partial charge in [-0.1, -0.05) is 46.4 Å². The first-order valence-electron chi connectivity index (χ1n) is 31.9. The van der Waals surface area contributed by atoms with Gasteiger partial charge in [-0.2, -0.15) is 10.5 Å². The molecule has 562 valence electrons. The van der Waals surface area contributed by atoms with E-state index in [9.17, 15) is 58.8 Å². The number of carbonyl (C=O) groups excluding carboxylic acids is 8. The zero-order chi connectivity index (χ0) is 78.0. The first-order valence-corrected chi connectivity index (χ1v) is 33.4. The number of benzene rings is 8. The van der Waals surface area contributed by atoms with E-state index in [0.29, 0.717) is 154 Å². The molecule has 0 aliphatic carbocycles. The van der Waals surface area contributed by atoms with Gasteiger partial charge in [-0.25, -0.2) is 0 Å². The van der Waals surface area contributed by atoms with E-state index >= 15 is 0 Å². The Morgan fingerprint density at radius 3 is 0.620 bits per heavy atom. The van der Waals surface area contributed by atoms with Crippen LogP contribution >= 0.6 is 46.4 Å². The van der Waals surface area contributed by atoms with Crippen molar-refractivity contribution in [3.8, 4) is 35.1 Å². The summed E-state index contributed by atoms with van der Waals surface area (Å²) in [5.74, 6) is -3.50. The van der Waals surface area contributed by atoms with Crippen LogP contribution in [0, 0.1) is 50.4 Å². The molecule has 0 N–H and O–H groups in total. The van der Waals surface area contributed by atoms with E-state index in [1.807, 2.05) is 0 Å². The maximum absolute atomic E-state index is 13.0. The Bertz CT molecular complexity index is 4770. The van der Waals surface area contributed by atoms with Crippen LogP contribution in [0.3, 0.4) is 0 Å². The Morgan fingerprint density at radius 1 is 0.324 bits per heavy atom. The van der Waals surface area contributed by atoms with Gasteiger partial charge in [0.1, 0.15) is 23.0 Å². The van der Waals surface area contributed by atoms with E-state index in [4.69, 9.17) is 75.9 Å². The van der Waals surface area contributed by atoms with Gasteiger partial charge in [0.05, 0.1) is 62.6 Å². The molecule has 12 rings (SSSR count). The van der Waals surface area contributed by atoms with Gasteiger partial charge in [0.25, 0.3) is 23.6 Å². The molecule has 0 aliphatic rings. The van der Waals surface area contributed by atoms with Gasteiger partial charge in [-0.15, -0.1) is 0 Å². The Hall–Kier alpha value is -11.1. The van der Waals surface area contributed by atoms with Crippen molar-refractivity contribution >= 4 is 138 Å². The summed E-state index contributed by atoms with van der Waals surface area (Å²) >= 11 is 23.5. The third-order valence-electron chi connectivity index (χ3n) is 16.6. The van der Waals surface area contributed by atoms with E-state index in [1.165, 1.54) is 60.6 Å². The van der Waals surface area contributed by atoms with Gasteiger partial charge in [0, 0.05) is 150 Å². The van der Waals surface area contributed by atoms with Crippen molar-refractivity contribution in [2.75, 3.05) is 28.4 Å². The molecule has 4 aromatic heterocycles. The molecule has 108 heavy (non-hydrogen) atoms. The minimum absolute atomic E-state index is 0. The van der Waals surface area contributed by atoms with Crippen molar-refractivity contribution in [2.24, 2.45) is 0 Å². The molecule has 0 amide bonds. The summed E-state index contributed by atoms with van der Waals surface area (Å²) in [4.78, 5) is 96.5. The Kier molecular flexibility index (Phi) is 32.4. The standard InChI is InChI=1S/4C19H16ClNO4.2C2H3N.2Cu/c4*1-11-15(10-18(22)23)16-9-14(25-2)7-8-17(16)21(11)19(24)12-3-5-13(20)6-4-12;2*1-2-3;;/h4*3-9H,10H2,1-2H3,(H,22,23);2*1H3;;/q;;;;;;2*+2/p-4. The van der Waals surface area contributed by atoms with E-state index in [0.717, 1.165) is 0 Å². The molecule has 0 unspecified atom stereocenters. The number of ether oxygens (including phenoxy) is 4. The normalized spacial score (nSPS) is 10.2. The van der Waals surface area contributed by atoms with Crippen molar-refractivity contribution in [3.05, 3.63) is 257 Å². The molecule has 8 aromatic carbocycles. The number of hydrogen-bond donors (Lipinski definition) is 0. The predicted molar refractivity (Wildman–Crippen MR) is 395 cm³/mol. The number of nitriles is 2. The largest absolute Gasteiger partial charge is 2.00 e. The number of nitrogens with zero attached hydrogens (tertiary/aromatic N) is 6. The first kappa shape index (κ1) is 87.5. The average molecular weight is 1640 g/mol. The predicted octanol–water partition coefficient (Wildman–Crippen LogP) is 11.4. The number of hydrogen-bond acceptors (Lipinski definition) is 18. The van der Waals surface area contributed by atoms with E-state index in [2.05, 4.69) is 0 Å². The molecule has 28 heteroatoms. The molecular formula is C80H66Cl4Cu2N6O16. The number of halogens is 4. The SMILES string of the molecule is CC#N.CC#N.COc1ccc2c(c1)c(CC(=O)[O-])c(C)n2C(=O)c1ccc(Cl)cc1.COc1ccc2c(c1)c(CC(=O)[O-])c(C)n2C(=O)c1ccc(Cl)cc1.COc1ccc2c(c1)c(CC(=O)[O-])c(C)n2C(=O)c1ccc(Cl)cc1.COc1ccc2c(c1)c(CC(=O)[O-])c(C)n2C(=O)c1ccc(Cl)cc1.[Cu+2].[Cu+2]. The average Bonchev–Trinajstić information content (AvgIpc) is 1.63. The fraction of sp³-hybridized carbons (Fsp3) is 0.175. The van der Waals surface area contributed by atoms with Crippen LogP contribution in [-0.4, -0.2) is 94.2 Å². The van der Waals surface area contributed by atoms with Gasteiger partial charge in [-0.05, 0) is 220 Å². The van der Waals surface area contributed by atoms with Gasteiger partial charge in [0.2, 0.25) is 0 Å². The molecule has 0 saturated heterocycles. The Morgan fingerprint density at radius 2 is 0.481 bits per heavy atom. The van der Waals surface area contributed by atoms with Crippen LogP contribution in [-0.2, 0) is 79.0 Å². The number of aromatic nitrogens is 4. The van der Waals surface area contributed by atoms with Crippen molar-refractivity contribution in [1.82, 2.24) is 18.3 Å². The fourth-order valence-corrected chi connectivity index (χ4v) is 12.3. The van der Waals surface area contributed by atoms with E-state index in [-0.39, 0.29) is 83.4 Å². The quantitative estimate of drug-likeness (QED) is 0.0811. The molecule has 12 aromatic rings. The zero-order valence-electron chi connectivity index (χ0n) is 59.3. The fourth-order valence-electron chi connectivity index (χ4n) is 11.8. The van der Waals surface area contributed by atoms with Crippen LogP contribution in [0.5, 0.6) is 23.0 Å². The van der Waals surface area contributed by atoms with Crippen LogP contribution in [0.25, 0.3) is 43.6 Å². The van der Waals surface area contributed by atoms with Crippen LogP contribution in [0.1, 0.15) is 100 Å². The van der Waals surface area contributed by atoms with Crippen molar-refractivity contribution < 1.29 is 112 Å². The maximum Gasteiger partial charge on any atom is 2.00 e. The second-order valence-electron chi connectivity index (χ2n) is 23.0. The van der Waals surface area contributed by atoms with Crippen LogP contribution < -0.4 is 39.4 Å². The zero-order valence-corrected chi connectivity index (χ0v) is 64.2. The van der Waals surface area contributed by atoms with Crippen molar-refractivity contribution in [3.63, 3.8) is 0 Å². The molecular weight excluding hydrogens is 1570 g/mol. The Labute approximate surface area is 661 Å². The third kappa shape index (κ3) is 20.7. The van der Waals surface area contributed by atoms with Crippen LogP contribution in [0.2, 0.25) is 20.1 Å². The van der Waals surface area contributed by atoms with Crippen molar-refractivity contribution in [1.29, 1.82) is 10.5 Å². The van der Waals surface area contributed by atoms with Gasteiger partial charge >= 0.3 is 34.1 Å². The molecule has 0 spiro atoms. The van der Waals surface area contributed by atoms with Crippen LogP contribution in [0.4, 0.5) is 0 Å². The Balaban J connectivity index is 0.000000250. The van der Waals surface area contributed by atoms with Gasteiger partial charge in [0.15, 0.2) is 0 Å². The minimum Gasteiger partial charge on any atom is -0.550 e. The molecule has 0 aliphatic heterocycles. The summed E-state index contributed by atoms with van der Waals surface area (Å²) < 4.78 is 26.9. The summed E-state index contributed by atoms with van der Waals surface area (Å²) in [5.41, 5.74) is 8.72. The summed E-state index contributed by atoms with van der Waals surface area (Å²) in [6.07, 6.45) is -1.13. The molecule has 22 nitrogen and oxygen atoms in total. The monoisotopic (exact) mass is 1630 g/mol. The first-order chi connectivity index (χ1) is 50.5. The molecule has 0 bridgehead atoms.